The van der Waals surface area contributed by atoms with E-state index in [4.69, 9.17) is 11.6 Å². The maximum absolute atomic E-state index is 14.3. The lowest BCUT2D eigenvalue weighted by Gasteiger charge is -2.30. The Bertz CT molecular complexity index is 1240. The highest BCUT2D eigenvalue weighted by Gasteiger charge is 2.32. The molecule has 0 atom stereocenters. The zero-order valence-corrected chi connectivity index (χ0v) is 21.3. The lowest BCUT2D eigenvalue weighted by molar-refractivity contribution is 0.0764. The van der Waals surface area contributed by atoms with Gasteiger partial charge in [0.2, 0.25) is 0 Å². The third kappa shape index (κ3) is 5.52. The van der Waals surface area contributed by atoms with E-state index in [2.05, 4.69) is 22.1 Å². The first kappa shape index (κ1) is 25.0. The zero-order valence-electron chi connectivity index (χ0n) is 20.6. The van der Waals surface area contributed by atoms with Crippen LogP contribution in [-0.2, 0) is 0 Å². The molecule has 36 heavy (non-hydrogen) atoms. The Balaban J connectivity index is 1.36. The molecule has 2 aliphatic carbocycles. The number of ketones is 1. The van der Waals surface area contributed by atoms with Gasteiger partial charge in [-0.1, -0.05) is 23.7 Å². The van der Waals surface area contributed by atoms with Gasteiger partial charge in [0.05, 0.1) is 6.10 Å². The van der Waals surface area contributed by atoms with Crippen LogP contribution in [0.5, 0.6) is 0 Å². The summed E-state index contributed by atoms with van der Waals surface area (Å²) < 4.78 is 14.3. The number of hydrogen-bond acceptors (Lipinski definition) is 4. The SMILES string of the molecule is CC1(F)CCC(c2cc(-c3cncc(-c4ccc(C(=O)C5CCC(O)CC5)cc4Cl)c3)ccn2)CC1. The fourth-order valence-electron chi connectivity index (χ4n) is 5.59. The molecule has 2 aromatic heterocycles. The molecule has 4 nitrogen and oxygen atoms in total. The number of nitrogens with zero attached hydrogens (tertiary/aromatic N) is 2. The van der Waals surface area contributed by atoms with Crippen LogP contribution in [0.25, 0.3) is 22.3 Å². The first-order chi connectivity index (χ1) is 17.3. The van der Waals surface area contributed by atoms with Gasteiger partial charge in [-0.15, -0.1) is 0 Å². The standard InChI is InChI=1S/C30H32ClFN2O2/c1-30(32)11-8-19(9-12-30)28-16-21(10-13-34-28)23-14-24(18-33-17-23)26-7-4-22(15-27(26)31)29(36)20-2-5-25(35)6-3-20/h4,7,10,13-20,25,35H,2-3,5-6,8-9,11-12H2,1H3. The summed E-state index contributed by atoms with van der Waals surface area (Å²) in [5.74, 6) is 0.322. The summed E-state index contributed by atoms with van der Waals surface area (Å²) in [5.41, 5.74) is 4.23. The number of pyridine rings is 2. The van der Waals surface area contributed by atoms with E-state index in [1.54, 1.807) is 19.2 Å². The molecule has 2 fully saturated rings. The number of hydrogen-bond donors (Lipinski definition) is 1. The number of rotatable bonds is 5. The normalized spacial score (nSPS) is 26.5. The predicted octanol–water partition coefficient (Wildman–Crippen LogP) is 7.58. The highest BCUT2D eigenvalue weighted by Crippen LogP contribution is 2.40. The van der Waals surface area contributed by atoms with Crippen LogP contribution in [0.15, 0.2) is 55.0 Å². The van der Waals surface area contributed by atoms with Gasteiger partial charge in [-0.2, -0.15) is 0 Å². The molecule has 1 aromatic carbocycles. The van der Waals surface area contributed by atoms with Crippen LogP contribution in [-0.4, -0.2) is 32.6 Å². The molecule has 188 valence electrons. The minimum absolute atomic E-state index is 0.0518. The molecular weight excluding hydrogens is 475 g/mol. The van der Waals surface area contributed by atoms with Gasteiger partial charge in [0.15, 0.2) is 5.78 Å². The summed E-state index contributed by atoms with van der Waals surface area (Å²) in [4.78, 5) is 22.0. The maximum atomic E-state index is 14.3. The molecule has 3 aromatic rings. The molecule has 0 spiro atoms. The molecule has 0 unspecified atom stereocenters. The maximum Gasteiger partial charge on any atom is 0.165 e. The Labute approximate surface area is 217 Å². The Morgan fingerprint density at radius 1 is 0.972 bits per heavy atom. The Kier molecular flexibility index (Phi) is 7.23. The number of halogens is 2. The second-order valence-corrected chi connectivity index (χ2v) is 11.1. The van der Waals surface area contributed by atoms with Crippen molar-refractivity contribution in [1.82, 2.24) is 9.97 Å². The van der Waals surface area contributed by atoms with Crippen molar-refractivity contribution >= 4 is 17.4 Å². The zero-order chi connectivity index (χ0) is 25.3. The minimum Gasteiger partial charge on any atom is -0.393 e. The second kappa shape index (κ2) is 10.4. The van der Waals surface area contributed by atoms with Crippen LogP contribution >= 0.6 is 11.6 Å². The van der Waals surface area contributed by atoms with Crippen LogP contribution in [0.1, 0.15) is 80.3 Å². The van der Waals surface area contributed by atoms with Gasteiger partial charge >= 0.3 is 0 Å². The molecule has 2 heterocycles. The van der Waals surface area contributed by atoms with E-state index in [1.807, 2.05) is 30.6 Å². The van der Waals surface area contributed by atoms with Gasteiger partial charge in [-0.05, 0) is 88.1 Å². The average molecular weight is 507 g/mol. The van der Waals surface area contributed by atoms with Crippen LogP contribution < -0.4 is 0 Å². The van der Waals surface area contributed by atoms with E-state index in [1.165, 1.54) is 0 Å². The van der Waals surface area contributed by atoms with Crippen molar-refractivity contribution in [3.8, 4) is 22.3 Å². The molecule has 2 saturated carbocycles. The molecule has 2 aliphatic rings. The van der Waals surface area contributed by atoms with E-state index < -0.39 is 5.67 Å². The molecule has 6 heteroatoms. The molecule has 5 rings (SSSR count). The van der Waals surface area contributed by atoms with E-state index in [0.717, 1.165) is 40.8 Å². The number of aromatic nitrogens is 2. The fourth-order valence-corrected chi connectivity index (χ4v) is 5.88. The quantitative estimate of drug-likeness (QED) is 0.362. The van der Waals surface area contributed by atoms with Gasteiger partial charge in [0, 0.05) is 63.4 Å². The van der Waals surface area contributed by atoms with Crippen LogP contribution in [0.2, 0.25) is 5.02 Å². The highest BCUT2D eigenvalue weighted by atomic mass is 35.5. The third-order valence-corrected chi connectivity index (χ3v) is 8.24. The lowest BCUT2D eigenvalue weighted by Crippen LogP contribution is -2.25. The lowest BCUT2D eigenvalue weighted by atomic mass is 9.79. The Morgan fingerprint density at radius 2 is 1.69 bits per heavy atom. The van der Waals surface area contributed by atoms with E-state index >= 15 is 0 Å². The number of carbonyl (C=O) groups is 1. The molecule has 0 saturated heterocycles. The summed E-state index contributed by atoms with van der Waals surface area (Å²) in [6, 6.07) is 11.6. The number of alkyl halides is 1. The highest BCUT2D eigenvalue weighted by molar-refractivity contribution is 6.33. The average Bonchev–Trinajstić information content (AvgIpc) is 2.89. The first-order valence-corrected chi connectivity index (χ1v) is 13.3. The second-order valence-electron chi connectivity index (χ2n) is 10.7. The van der Waals surface area contributed by atoms with Gasteiger partial charge < -0.3 is 5.11 Å². The summed E-state index contributed by atoms with van der Waals surface area (Å²) in [5, 5.41) is 10.3. The van der Waals surface area contributed by atoms with Crippen molar-refractivity contribution < 1.29 is 14.3 Å². The molecule has 1 N–H and O–H groups in total. The monoisotopic (exact) mass is 506 g/mol. The van der Waals surface area contributed by atoms with Crippen molar-refractivity contribution in [3.63, 3.8) is 0 Å². The predicted molar refractivity (Wildman–Crippen MR) is 141 cm³/mol. The number of benzene rings is 1. The van der Waals surface area contributed by atoms with Gasteiger partial charge in [-0.3, -0.25) is 14.8 Å². The van der Waals surface area contributed by atoms with Crippen molar-refractivity contribution in [2.75, 3.05) is 0 Å². The topological polar surface area (TPSA) is 63.1 Å². The van der Waals surface area contributed by atoms with E-state index in [0.29, 0.717) is 49.1 Å². The van der Waals surface area contributed by atoms with Gasteiger partial charge in [0.1, 0.15) is 5.67 Å². The van der Waals surface area contributed by atoms with Crippen LogP contribution in [0.4, 0.5) is 4.39 Å². The number of carbonyl (C=O) groups excluding carboxylic acids is 1. The molecule has 0 bridgehead atoms. The minimum atomic E-state index is -1.06. The molecule has 0 radical (unpaired) electrons. The number of aliphatic hydroxyl groups is 1. The van der Waals surface area contributed by atoms with Crippen molar-refractivity contribution in [2.45, 2.75) is 76.0 Å². The van der Waals surface area contributed by atoms with Gasteiger partial charge in [-0.25, -0.2) is 4.39 Å². The van der Waals surface area contributed by atoms with Gasteiger partial charge in [0.25, 0.3) is 0 Å². The van der Waals surface area contributed by atoms with E-state index in [9.17, 15) is 14.3 Å². The molecular formula is C30H32ClFN2O2. The van der Waals surface area contributed by atoms with Crippen molar-refractivity contribution in [3.05, 3.63) is 71.3 Å². The largest absolute Gasteiger partial charge is 0.393 e. The van der Waals surface area contributed by atoms with Crippen LogP contribution in [0.3, 0.4) is 0 Å². The van der Waals surface area contributed by atoms with Crippen LogP contribution in [0, 0.1) is 5.92 Å². The van der Waals surface area contributed by atoms with Crippen molar-refractivity contribution in [1.29, 1.82) is 0 Å². The summed E-state index contributed by atoms with van der Waals surface area (Å²) in [6.07, 6.45) is 10.7. The fraction of sp³-hybridized carbons (Fsp3) is 0.433. The Morgan fingerprint density at radius 3 is 2.42 bits per heavy atom. The summed E-state index contributed by atoms with van der Waals surface area (Å²) in [6.45, 7) is 1.69. The number of Topliss-reactive ketones (excluding diaryl/α,β-unsaturated/α-hetero) is 1. The molecule has 0 aliphatic heterocycles. The third-order valence-electron chi connectivity index (χ3n) is 7.93. The summed E-state index contributed by atoms with van der Waals surface area (Å²) >= 11 is 6.66. The van der Waals surface area contributed by atoms with Crippen molar-refractivity contribution in [2.24, 2.45) is 5.92 Å². The molecule has 0 amide bonds. The first-order valence-electron chi connectivity index (χ1n) is 12.9. The smallest absolute Gasteiger partial charge is 0.165 e. The summed E-state index contributed by atoms with van der Waals surface area (Å²) in [7, 11) is 0. The Hall–Kier alpha value is -2.63. The van der Waals surface area contributed by atoms with E-state index in [-0.39, 0.29) is 23.7 Å². The number of aliphatic hydroxyl groups excluding tert-OH is 1.